The van der Waals surface area contributed by atoms with Crippen LogP contribution in [0.5, 0.6) is 11.5 Å². The molecule has 1 amide bonds. The van der Waals surface area contributed by atoms with Gasteiger partial charge in [-0.1, -0.05) is 30.3 Å². The Labute approximate surface area is 189 Å². The molecule has 158 valence electrons. The summed E-state index contributed by atoms with van der Waals surface area (Å²) in [5.74, 6) is 1.95. The number of guanidine groups is 1. The minimum absolute atomic E-state index is 0. The van der Waals surface area contributed by atoms with E-state index in [1.807, 2.05) is 49.4 Å². The van der Waals surface area contributed by atoms with Crippen LogP contribution >= 0.6 is 24.0 Å². The number of carbonyl (C=O) groups excluding carboxylic acids is 1. The monoisotopic (exact) mass is 512 g/mol. The van der Waals surface area contributed by atoms with Gasteiger partial charge in [-0.05, 0) is 31.2 Å². The number of nitrogens with one attached hydrogen (secondary N) is 3. The van der Waals surface area contributed by atoms with E-state index < -0.39 is 0 Å². The van der Waals surface area contributed by atoms with Gasteiger partial charge in [0.05, 0.1) is 13.7 Å². The molecule has 2 aromatic carbocycles. The van der Waals surface area contributed by atoms with Crippen molar-refractivity contribution in [1.82, 2.24) is 16.0 Å². The first-order valence-electron chi connectivity index (χ1n) is 9.21. The predicted octanol–water partition coefficient (Wildman–Crippen LogP) is 2.68. The fraction of sp³-hybridized carbons (Fsp3) is 0.333. The van der Waals surface area contributed by atoms with Gasteiger partial charge in [-0.3, -0.25) is 9.79 Å². The highest BCUT2D eigenvalue weighted by molar-refractivity contribution is 14.0. The number of carbonyl (C=O) groups is 1. The fourth-order valence-corrected chi connectivity index (χ4v) is 2.48. The third-order valence-electron chi connectivity index (χ3n) is 3.92. The number of amides is 1. The second-order valence-corrected chi connectivity index (χ2v) is 6.08. The second kappa shape index (κ2) is 13.6. The summed E-state index contributed by atoms with van der Waals surface area (Å²) in [5, 5.41) is 9.23. The maximum absolute atomic E-state index is 12.0. The number of benzene rings is 2. The number of ether oxygens (including phenoxy) is 2. The molecule has 1 unspecified atom stereocenters. The van der Waals surface area contributed by atoms with E-state index in [0.29, 0.717) is 42.7 Å². The maximum Gasteiger partial charge on any atom is 0.251 e. The van der Waals surface area contributed by atoms with Gasteiger partial charge < -0.3 is 25.4 Å². The number of aliphatic imine (C=N–C) groups is 1. The standard InChI is InChI=1S/C21H28N4O3.HI/c1-16(28-19-12-8-7-11-18(19)27-3)15-25-21(22-2)24-14-13-23-20(26)17-9-5-4-6-10-17;/h4-12,16H,13-15H2,1-3H3,(H,23,26)(H2,22,24,25);1H. The maximum atomic E-state index is 12.0. The van der Waals surface area contributed by atoms with Crippen molar-refractivity contribution in [2.75, 3.05) is 33.8 Å². The van der Waals surface area contributed by atoms with Crippen molar-refractivity contribution in [2.45, 2.75) is 13.0 Å². The Morgan fingerprint density at radius 2 is 1.59 bits per heavy atom. The third-order valence-corrected chi connectivity index (χ3v) is 3.92. The number of nitrogens with zero attached hydrogens (tertiary/aromatic N) is 1. The Morgan fingerprint density at radius 3 is 2.24 bits per heavy atom. The molecule has 29 heavy (non-hydrogen) atoms. The van der Waals surface area contributed by atoms with E-state index in [1.165, 1.54) is 0 Å². The number of para-hydroxylation sites is 2. The largest absolute Gasteiger partial charge is 0.493 e. The lowest BCUT2D eigenvalue weighted by molar-refractivity contribution is 0.0954. The molecule has 1 atom stereocenters. The first-order valence-corrected chi connectivity index (χ1v) is 9.21. The lowest BCUT2D eigenvalue weighted by Crippen LogP contribution is -2.44. The molecule has 0 aliphatic rings. The quantitative estimate of drug-likeness (QED) is 0.208. The van der Waals surface area contributed by atoms with Crippen LogP contribution in [0.1, 0.15) is 17.3 Å². The van der Waals surface area contributed by atoms with Gasteiger partial charge >= 0.3 is 0 Å². The molecule has 0 fully saturated rings. The summed E-state index contributed by atoms with van der Waals surface area (Å²) in [7, 11) is 3.32. The zero-order chi connectivity index (χ0) is 20.2. The Morgan fingerprint density at radius 1 is 0.966 bits per heavy atom. The second-order valence-electron chi connectivity index (χ2n) is 6.08. The summed E-state index contributed by atoms with van der Waals surface area (Å²) in [6, 6.07) is 16.7. The Kier molecular flexibility index (Phi) is 11.6. The van der Waals surface area contributed by atoms with Crippen LogP contribution in [-0.4, -0.2) is 51.8 Å². The molecule has 2 rings (SSSR count). The van der Waals surface area contributed by atoms with Crippen LogP contribution in [0.15, 0.2) is 59.6 Å². The van der Waals surface area contributed by atoms with Crippen LogP contribution in [0.25, 0.3) is 0 Å². The van der Waals surface area contributed by atoms with E-state index in [0.717, 1.165) is 0 Å². The molecule has 0 saturated heterocycles. The number of halogens is 1. The van der Waals surface area contributed by atoms with Crippen molar-refractivity contribution in [3.05, 3.63) is 60.2 Å². The molecule has 7 nitrogen and oxygen atoms in total. The molecule has 0 spiro atoms. The summed E-state index contributed by atoms with van der Waals surface area (Å²) in [5.41, 5.74) is 0.646. The lowest BCUT2D eigenvalue weighted by Gasteiger charge is -2.19. The smallest absolute Gasteiger partial charge is 0.251 e. The number of rotatable bonds is 9. The Bertz CT molecular complexity index is 772. The normalized spacial score (nSPS) is 11.6. The van der Waals surface area contributed by atoms with E-state index in [4.69, 9.17) is 9.47 Å². The zero-order valence-corrected chi connectivity index (χ0v) is 19.3. The molecular weight excluding hydrogens is 483 g/mol. The molecule has 0 aliphatic heterocycles. The lowest BCUT2D eigenvalue weighted by atomic mass is 10.2. The molecule has 0 aromatic heterocycles. The molecule has 8 heteroatoms. The van der Waals surface area contributed by atoms with Gasteiger partial charge in [0.1, 0.15) is 6.10 Å². The van der Waals surface area contributed by atoms with Gasteiger partial charge in [0.15, 0.2) is 17.5 Å². The van der Waals surface area contributed by atoms with E-state index in [1.54, 1.807) is 26.3 Å². The summed E-state index contributed by atoms with van der Waals surface area (Å²) < 4.78 is 11.2. The fourth-order valence-electron chi connectivity index (χ4n) is 2.48. The van der Waals surface area contributed by atoms with Crippen molar-refractivity contribution in [3.8, 4) is 11.5 Å². The van der Waals surface area contributed by atoms with Gasteiger partial charge in [0.25, 0.3) is 5.91 Å². The van der Waals surface area contributed by atoms with Gasteiger partial charge in [0.2, 0.25) is 0 Å². The molecule has 0 saturated carbocycles. The number of hydrogen-bond acceptors (Lipinski definition) is 4. The average molecular weight is 512 g/mol. The number of methoxy groups -OCH3 is 1. The van der Waals surface area contributed by atoms with E-state index >= 15 is 0 Å². The van der Waals surface area contributed by atoms with Crippen molar-refractivity contribution < 1.29 is 14.3 Å². The Hall–Kier alpha value is -2.49. The van der Waals surface area contributed by atoms with Crippen molar-refractivity contribution in [2.24, 2.45) is 4.99 Å². The van der Waals surface area contributed by atoms with Crippen LogP contribution in [0.2, 0.25) is 0 Å². The van der Waals surface area contributed by atoms with E-state index in [-0.39, 0.29) is 36.0 Å². The van der Waals surface area contributed by atoms with Crippen LogP contribution in [0.3, 0.4) is 0 Å². The molecule has 2 aromatic rings. The molecule has 0 bridgehead atoms. The van der Waals surface area contributed by atoms with Crippen molar-refractivity contribution in [3.63, 3.8) is 0 Å². The van der Waals surface area contributed by atoms with Gasteiger partial charge in [-0.2, -0.15) is 0 Å². The van der Waals surface area contributed by atoms with E-state index in [2.05, 4.69) is 20.9 Å². The van der Waals surface area contributed by atoms with Crippen LogP contribution in [0.4, 0.5) is 0 Å². The van der Waals surface area contributed by atoms with Crippen LogP contribution < -0.4 is 25.4 Å². The van der Waals surface area contributed by atoms with Crippen LogP contribution in [0, 0.1) is 0 Å². The van der Waals surface area contributed by atoms with E-state index in [9.17, 15) is 4.79 Å². The summed E-state index contributed by atoms with van der Waals surface area (Å²) in [4.78, 5) is 16.2. The molecule has 0 aliphatic carbocycles. The third kappa shape index (κ3) is 8.59. The molecule has 0 radical (unpaired) electrons. The van der Waals surface area contributed by atoms with Gasteiger partial charge in [-0.15, -0.1) is 24.0 Å². The Balaban J connectivity index is 0.00000420. The van der Waals surface area contributed by atoms with Crippen LogP contribution in [-0.2, 0) is 0 Å². The minimum atomic E-state index is -0.0934. The predicted molar refractivity (Wildman–Crippen MR) is 127 cm³/mol. The highest BCUT2D eigenvalue weighted by atomic mass is 127. The molecule has 3 N–H and O–H groups in total. The number of hydrogen-bond donors (Lipinski definition) is 3. The summed E-state index contributed by atoms with van der Waals surface area (Å²) in [6.45, 7) is 3.57. The minimum Gasteiger partial charge on any atom is -0.493 e. The first-order chi connectivity index (χ1) is 13.6. The summed E-state index contributed by atoms with van der Waals surface area (Å²) in [6.07, 6.45) is -0.0902. The molecule has 0 heterocycles. The van der Waals surface area contributed by atoms with Gasteiger partial charge in [0, 0.05) is 25.7 Å². The average Bonchev–Trinajstić information content (AvgIpc) is 2.74. The highest BCUT2D eigenvalue weighted by Gasteiger charge is 2.09. The van der Waals surface area contributed by atoms with Crippen molar-refractivity contribution in [1.29, 1.82) is 0 Å². The topological polar surface area (TPSA) is 84.0 Å². The zero-order valence-electron chi connectivity index (χ0n) is 17.0. The van der Waals surface area contributed by atoms with Gasteiger partial charge in [-0.25, -0.2) is 0 Å². The SMILES string of the molecule is CN=C(NCCNC(=O)c1ccccc1)NCC(C)Oc1ccccc1OC.I. The highest BCUT2D eigenvalue weighted by Crippen LogP contribution is 2.26. The summed E-state index contributed by atoms with van der Waals surface area (Å²) >= 11 is 0. The first kappa shape index (κ1) is 24.5. The molecular formula is C21H29IN4O3. The van der Waals surface area contributed by atoms with Crippen molar-refractivity contribution >= 4 is 35.8 Å².